The van der Waals surface area contributed by atoms with Crippen LogP contribution in [-0.4, -0.2) is 9.55 Å². The first-order valence-electron chi connectivity index (χ1n) is 22.4. The lowest BCUT2D eigenvalue weighted by atomic mass is 9.82. The van der Waals surface area contributed by atoms with Crippen LogP contribution in [0.15, 0.2) is 243 Å². The summed E-state index contributed by atoms with van der Waals surface area (Å²) in [6.07, 6.45) is 0. The van der Waals surface area contributed by atoms with Crippen molar-refractivity contribution in [2.24, 2.45) is 0 Å². The highest BCUT2D eigenvalue weighted by molar-refractivity contribution is 6.25. The molecule has 0 saturated carbocycles. The van der Waals surface area contributed by atoms with Gasteiger partial charge in [0.1, 0.15) is 5.82 Å². The molecule has 0 atom stereocenters. The van der Waals surface area contributed by atoms with E-state index in [1.165, 1.54) is 98.4 Å². The second kappa shape index (κ2) is 15.0. The summed E-state index contributed by atoms with van der Waals surface area (Å²) < 4.78 is 2.27. The van der Waals surface area contributed by atoms with E-state index in [2.05, 4.69) is 247 Å². The number of hydrogen-bond donors (Lipinski definition) is 0. The predicted octanol–water partition coefficient (Wildman–Crippen LogP) is 17.1. The van der Waals surface area contributed by atoms with E-state index in [4.69, 9.17) is 4.98 Å². The lowest BCUT2D eigenvalue weighted by molar-refractivity contribution is 1.10. The van der Waals surface area contributed by atoms with Crippen LogP contribution in [0.25, 0.3) is 126 Å². The van der Waals surface area contributed by atoms with Gasteiger partial charge in [-0.3, -0.25) is 4.57 Å². The Bertz CT molecular complexity index is 3920. The fourth-order valence-electron chi connectivity index (χ4n) is 10.5. The Hall–Kier alpha value is -8.59. The second-order valence-corrected chi connectivity index (χ2v) is 17.0. The van der Waals surface area contributed by atoms with Crippen LogP contribution in [0.4, 0.5) is 0 Å². The maximum absolute atomic E-state index is 5.16. The van der Waals surface area contributed by atoms with Gasteiger partial charge in [-0.05, 0) is 141 Å². The van der Waals surface area contributed by atoms with Crippen LogP contribution in [0.1, 0.15) is 0 Å². The molecule has 0 spiro atoms. The first-order valence-corrected chi connectivity index (χ1v) is 22.4. The fourth-order valence-corrected chi connectivity index (χ4v) is 10.5. The second-order valence-electron chi connectivity index (χ2n) is 17.0. The molecule has 0 bridgehead atoms. The quantitative estimate of drug-likeness (QED) is 0.153. The lowest BCUT2D eigenvalue weighted by Crippen LogP contribution is -1.97. The SMILES string of the molecule is c1ccc(-c2c3ccccc3c(-c3ccccc3)c3cc(-c4c5ccccc5c(-c5ccc6cc(-c7nc8ccccc8n7-c7ccccc7)ccc6c5)c5ccccc45)ccc23)cc1. The monoisotopic (exact) mass is 824 g/mol. The van der Waals surface area contributed by atoms with Crippen LogP contribution in [0, 0.1) is 0 Å². The van der Waals surface area contributed by atoms with Gasteiger partial charge in [-0.15, -0.1) is 0 Å². The Morgan fingerprint density at radius 3 is 1.20 bits per heavy atom. The number of aromatic nitrogens is 2. The van der Waals surface area contributed by atoms with Crippen molar-refractivity contribution >= 4 is 64.9 Å². The minimum absolute atomic E-state index is 0.935. The molecule has 0 N–H and O–H groups in total. The Balaban J connectivity index is 1.01. The van der Waals surface area contributed by atoms with Gasteiger partial charge < -0.3 is 0 Å². The van der Waals surface area contributed by atoms with Gasteiger partial charge in [-0.1, -0.05) is 200 Å². The molecule has 2 heteroatoms. The van der Waals surface area contributed by atoms with E-state index in [0.717, 1.165) is 28.1 Å². The number of fused-ring (bicyclic) bond motifs is 6. The number of hydrogen-bond acceptors (Lipinski definition) is 1. The molecule has 0 fully saturated rings. The average Bonchev–Trinajstić information content (AvgIpc) is 3.77. The third-order valence-electron chi connectivity index (χ3n) is 13.3. The normalized spacial score (nSPS) is 11.7. The van der Waals surface area contributed by atoms with E-state index in [9.17, 15) is 0 Å². The summed E-state index contributed by atoms with van der Waals surface area (Å²) in [7, 11) is 0. The maximum Gasteiger partial charge on any atom is 0.145 e. The van der Waals surface area contributed by atoms with Crippen molar-refractivity contribution in [1.29, 1.82) is 0 Å². The molecular formula is C63H40N2. The zero-order chi connectivity index (χ0) is 42.8. The van der Waals surface area contributed by atoms with E-state index in [1.807, 2.05) is 0 Å². The molecule has 2 nitrogen and oxygen atoms in total. The first-order chi connectivity index (χ1) is 32.3. The summed E-state index contributed by atoms with van der Waals surface area (Å²) in [6, 6.07) is 88.5. The molecule has 12 aromatic carbocycles. The molecule has 13 rings (SSSR count). The molecule has 0 saturated heterocycles. The van der Waals surface area contributed by atoms with Crippen molar-refractivity contribution in [3.8, 4) is 61.6 Å². The maximum atomic E-state index is 5.16. The average molecular weight is 825 g/mol. The first kappa shape index (κ1) is 37.0. The summed E-state index contributed by atoms with van der Waals surface area (Å²) in [5, 5.41) is 12.3. The van der Waals surface area contributed by atoms with Crippen LogP contribution in [0.3, 0.4) is 0 Å². The minimum Gasteiger partial charge on any atom is -0.292 e. The summed E-state index contributed by atoms with van der Waals surface area (Å²) in [5.74, 6) is 0.935. The van der Waals surface area contributed by atoms with Crippen molar-refractivity contribution in [2.75, 3.05) is 0 Å². The van der Waals surface area contributed by atoms with Crippen LogP contribution in [-0.2, 0) is 0 Å². The van der Waals surface area contributed by atoms with Gasteiger partial charge >= 0.3 is 0 Å². The van der Waals surface area contributed by atoms with E-state index < -0.39 is 0 Å². The Labute approximate surface area is 377 Å². The highest BCUT2D eigenvalue weighted by Gasteiger charge is 2.21. The summed E-state index contributed by atoms with van der Waals surface area (Å²) >= 11 is 0. The van der Waals surface area contributed by atoms with Crippen molar-refractivity contribution in [3.63, 3.8) is 0 Å². The number of benzene rings is 12. The highest BCUT2D eigenvalue weighted by atomic mass is 15.1. The van der Waals surface area contributed by atoms with Crippen LogP contribution in [0.2, 0.25) is 0 Å². The summed E-state index contributed by atoms with van der Waals surface area (Å²) in [4.78, 5) is 5.16. The lowest BCUT2D eigenvalue weighted by Gasteiger charge is -2.21. The van der Waals surface area contributed by atoms with Crippen molar-refractivity contribution in [2.45, 2.75) is 0 Å². The van der Waals surface area contributed by atoms with Crippen LogP contribution < -0.4 is 0 Å². The van der Waals surface area contributed by atoms with E-state index in [-0.39, 0.29) is 0 Å². The molecule has 0 aliphatic carbocycles. The number of rotatable bonds is 6. The van der Waals surface area contributed by atoms with Gasteiger partial charge in [0.05, 0.1) is 11.0 Å². The molecule has 65 heavy (non-hydrogen) atoms. The van der Waals surface area contributed by atoms with Gasteiger partial charge in [0.25, 0.3) is 0 Å². The smallest absolute Gasteiger partial charge is 0.145 e. The van der Waals surface area contributed by atoms with Gasteiger partial charge in [-0.2, -0.15) is 0 Å². The van der Waals surface area contributed by atoms with Crippen molar-refractivity contribution in [1.82, 2.24) is 9.55 Å². The van der Waals surface area contributed by atoms with Gasteiger partial charge in [0.15, 0.2) is 0 Å². The topological polar surface area (TPSA) is 17.8 Å². The predicted molar refractivity (Wildman–Crippen MR) is 276 cm³/mol. The minimum atomic E-state index is 0.935. The molecule has 302 valence electrons. The zero-order valence-electron chi connectivity index (χ0n) is 35.5. The third-order valence-corrected chi connectivity index (χ3v) is 13.3. The number of imidazole rings is 1. The molecule has 1 aromatic heterocycles. The molecule has 0 aliphatic rings. The summed E-state index contributed by atoms with van der Waals surface area (Å²) in [6.45, 7) is 0. The molecule has 0 aliphatic heterocycles. The Morgan fingerprint density at radius 1 is 0.262 bits per heavy atom. The standard InChI is InChI=1S/C63H40N2/c1-4-18-41(19-5-1)59-49-24-10-11-25-50(49)60(42-20-6-2-7-21-42)56-40-46(36-37-55(56)59)62-53-28-14-12-26-51(53)61(52-27-13-15-29-54(52)62)45-34-32-44-39-47(35-33-43(44)38-45)63-64-57-30-16-17-31-58(57)65(63)48-22-8-3-9-23-48/h1-40H. The molecule has 0 radical (unpaired) electrons. The van der Waals surface area contributed by atoms with Gasteiger partial charge in [0, 0.05) is 11.3 Å². The Morgan fingerprint density at radius 2 is 0.646 bits per heavy atom. The van der Waals surface area contributed by atoms with E-state index in [1.54, 1.807) is 0 Å². The van der Waals surface area contributed by atoms with E-state index >= 15 is 0 Å². The highest BCUT2D eigenvalue weighted by Crippen LogP contribution is 2.48. The third kappa shape index (κ3) is 5.99. The molecule has 0 unspecified atom stereocenters. The van der Waals surface area contributed by atoms with Crippen molar-refractivity contribution in [3.05, 3.63) is 243 Å². The number of para-hydroxylation sites is 3. The van der Waals surface area contributed by atoms with E-state index in [0.29, 0.717) is 0 Å². The molecule has 0 amide bonds. The van der Waals surface area contributed by atoms with Crippen molar-refractivity contribution < 1.29 is 0 Å². The summed E-state index contributed by atoms with van der Waals surface area (Å²) in [5.41, 5.74) is 14.1. The molecule has 13 aromatic rings. The number of nitrogens with zero attached hydrogens (tertiary/aromatic N) is 2. The fraction of sp³-hybridized carbons (Fsp3) is 0. The van der Waals surface area contributed by atoms with Crippen LogP contribution in [0.5, 0.6) is 0 Å². The Kier molecular flexibility index (Phi) is 8.57. The van der Waals surface area contributed by atoms with Crippen LogP contribution >= 0.6 is 0 Å². The van der Waals surface area contributed by atoms with Gasteiger partial charge in [0.2, 0.25) is 0 Å². The zero-order valence-corrected chi connectivity index (χ0v) is 35.5. The molecule has 1 heterocycles. The van der Waals surface area contributed by atoms with Gasteiger partial charge in [-0.25, -0.2) is 4.98 Å². The largest absolute Gasteiger partial charge is 0.292 e. The molecular weight excluding hydrogens is 785 g/mol.